The van der Waals surface area contributed by atoms with Crippen LogP contribution in [-0.4, -0.2) is 12.9 Å². The third-order valence-corrected chi connectivity index (χ3v) is 4.11. The van der Waals surface area contributed by atoms with Crippen LogP contribution in [0.15, 0.2) is 36.4 Å². The van der Waals surface area contributed by atoms with E-state index in [1.807, 2.05) is 0 Å². The van der Waals surface area contributed by atoms with Crippen molar-refractivity contribution in [2.45, 2.75) is 12.5 Å². The molecule has 0 aliphatic carbocycles. The van der Waals surface area contributed by atoms with E-state index in [0.29, 0.717) is 32.7 Å². The first-order chi connectivity index (χ1) is 10.1. The first-order valence-electron chi connectivity index (χ1n) is 6.42. The Kier molecular flexibility index (Phi) is 3.79. The topological polar surface area (TPSA) is 35.5 Å². The van der Waals surface area contributed by atoms with E-state index in [9.17, 15) is 4.79 Å². The summed E-state index contributed by atoms with van der Waals surface area (Å²) in [5.74, 6) is 1.13. The summed E-state index contributed by atoms with van der Waals surface area (Å²) in [6.07, 6.45) is -0.275. The number of rotatable bonds is 2. The molecule has 0 saturated heterocycles. The number of benzene rings is 2. The molecule has 0 bridgehead atoms. The van der Waals surface area contributed by atoms with E-state index >= 15 is 0 Å². The van der Waals surface area contributed by atoms with Gasteiger partial charge in [-0.25, -0.2) is 0 Å². The number of fused-ring (bicyclic) bond motifs is 1. The summed E-state index contributed by atoms with van der Waals surface area (Å²) in [6, 6.07) is 10.4. The molecule has 3 rings (SSSR count). The van der Waals surface area contributed by atoms with E-state index in [1.165, 1.54) is 0 Å². The molecule has 1 atom stereocenters. The van der Waals surface area contributed by atoms with Gasteiger partial charge in [0.1, 0.15) is 17.6 Å². The fraction of sp³-hybridized carbons (Fsp3) is 0.188. The lowest BCUT2D eigenvalue weighted by atomic mass is 9.96. The van der Waals surface area contributed by atoms with Crippen molar-refractivity contribution < 1.29 is 14.3 Å². The van der Waals surface area contributed by atoms with Gasteiger partial charge >= 0.3 is 0 Å². The van der Waals surface area contributed by atoms with E-state index in [0.717, 1.165) is 0 Å². The number of ketones is 1. The van der Waals surface area contributed by atoms with Crippen LogP contribution in [0.4, 0.5) is 0 Å². The fourth-order valence-electron chi connectivity index (χ4n) is 2.41. The molecule has 21 heavy (non-hydrogen) atoms. The second-order valence-electron chi connectivity index (χ2n) is 4.73. The molecule has 0 fully saturated rings. The highest BCUT2D eigenvalue weighted by Crippen LogP contribution is 2.41. The van der Waals surface area contributed by atoms with Gasteiger partial charge in [0.25, 0.3) is 0 Å². The van der Waals surface area contributed by atoms with Crippen LogP contribution in [-0.2, 0) is 0 Å². The predicted molar refractivity (Wildman–Crippen MR) is 81.8 cm³/mol. The summed E-state index contributed by atoms with van der Waals surface area (Å²) in [5, 5.41) is 0.995. The van der Waals surface area contributed by atoms with Crippen LogP contribution in [0.2, 0.25) is 10.0 Å². The monoisotopic (exact) mass is 322 g/mol. The molecule has 0 amide bonds. The SMILES string of the molecule is COc1ccc2c(c1)C(=O)CC(c1c(Cl)cccc1Cl)O2. The molecule has 1 aliphatic rings. The minimum atomic E-state index is -0.473. The minimum Gasteiger partial charge on any atom is -0.497 e. The van der Waals surface area contributed by atoms with Crippen molar-refractivity contribution in [2.24, 2.45) is 0 Å². The first kappa shape index (κ1) is 14.2. The molecule has 1 heterocycles. The number of carbonyl (C=O) groups excluding carboxylic acids is 1. The second kappa shape index (κ2) is 5.58. The van der Waals surface area contributed by atoms with Crippen LogP contribution in [0, 0.1) is 0 Å². The Morgan fingerprint density at radius 3 is 2.57 bits per heavy atom. The molecule has 2 aromatic carbocycles. The van der Waals surface area contributed by atoms with Crippen LogP contribution in [0.5, 0.6) is 11.5 Å². The van der Waals surface area contributed by atoms with Crippen molar-refractivity contribution in [3.8, 4) is 11.5 Å². The lowest BCUT2D eigenvalue weighted by molar-refractivity contribution is 0.0849. The van der Waals surface area contributed by atoms with Gasteiger partial charge in [0.2, 0.25) is 0 Å². The standard InChI is InChI=1S/C16H12Cl2O3/c1-20-9-5-6-14-10(7-9)13(19)8-15(21-14)16-11(17)3-2-4-12(16)18/h2-7,15H,8H2,1H3. The van der Waals surface area contributed by atoms with E-state index in [-0.39, 0.29) is 12.2 Å². The maximum absolute atomic E-state index is 12.3. The number of hydrogen-bond acceptors (Lipinski definition) is 3. The molecule has 0 aromatic heterocycles. The van der Waals surface area contributed by atoms with Gasteiger partial charge in [-0.05, 0) is 30.3 Å². The number of methoxy groups -OCH3 is 1. The maximum Gasteiger partial charge on any atom is 0.170 e. The van der Waals surface area contributed by atoms with Gasteiger partial charge in [-0.1, -0.05) is 29.3 Å². The average Bonchev–Trinajstić information content (AvgIpc) is 2.47. The number of Topliss-reactive ketones (excluding diaryl/α,β-unsaturated/α-hetero) is 1. The van der Waals surface area contributed by atoms with Gasteiger partial charge < -0.3 is 9.47 Å². The van der Waals surface area contributed by atoms with Crippen molar-refractivity contribution >= 4 is 29.0 Å². The number of halogens is 2. The van der Waals surface area contributed by atoms with Crippen molar-refractivity contribution in [3.63, 3.8) is 0 Å². The fourth-order valence-corrected chi connectivity index (χ4v) is 3.05. The molecule has 1 unspecified atom stereocenters. The molecule has 3 nitrogen and oxygen atoms in total. The predicted octanol–water partition coefficient (Wildman–Crippen LogP) is 4.71. The summed E-state index contributed by atoms with van der Waals surface area (Å²) in [4.78, 5) is 12.3. The summed E-state index contributed by atoms with van der Waals surface area (Å²) in [6.45, 7) is 0. The summed E-state index contributed by atoms with van der Waals surface area (Å²) < 4.78 is 11.0. The molecule has 5 heteroatoms. The van der Waals surface area contributed by atoms with Gasteiger partial charge in [-0.15, -0.1) is 0 Å². The number of ether oxygens (including phenoxy) is 2. The summed E-state index contributed by atoms with van der Waals surface area (Å²) in [7, 11) is 1.56. The lowest BCUT2D eigenvalue weighted by Crippen LogP contribution is -2.21. The molecule has 108 valence electrons. The molecule has 1 aliphatic heterocycles. The molecular formula is C16H12Cl2O3. The average molecular weight is 323 g/mol. The van der Waals surface area contributed by atoms with Crippen LogP contribution >= 0.6 is 23.2 Å². The van der Waals surface area contributed by atoms with Crippen LogP contribution in [0.1, 0.15) is 28.4 Å². The Labute approximate surface area is 132 Å². The smallest absolute Gasteiger partial charge is 0.170 e. The minimum absolute atomic E-state index is 0.0175. The zero-order valence-corrected chi connectivity index (χ0v) is 12.7. The second-order valence-corrected chi connectivity index (χ2v) is 5.55. The Balaban J connectivity index is 2.01. The number of hydrogen-bond donors (Lipinski definition) is 0. The Hall–Kier alpha value is -1.71. The Morgan fingerprint density at radius 1 is 1.19 bits per heavy atom. The van der Waals surface area contributed by atoms with Crippen molar-refractivity contribution in [2.75, 3.05) is 7.11 Å². The third kappa shape index (κ3) is 2.59. The van der Waals surface area contributed by atoms with E-state index in [2.05, 4.69) is 0 Å². The summed E-state index contributed by atoms with van der Waals surface area (Å²) >= 11 is 12.4. The zero-order valence-electron chi connectivity index (χ0n) is 11.2. The van der Waals surface area contributed by atoms with Gasteiger partial charge in [0, 0.05) is 15.6 Å². The Morgan fingerprint density at radius 2 is 1.90 bits per heavy atom. The Bertz CT molecular complexity index is 692. The normalized spacial score (nSPS) is 17.1. The van der Waals surface area contributed by atoms with Gasteiger partial charge in [-0.2, -0.15) is 0 Å². The maximum atomic E-state index is 12.3. The third-order valence-electron chi connectivity index (χ3n) is 3.45. The van der Waals surface area contributed by atoms with Gasteiger partial charge in [-0.3, -0.25) is 4.79 Å². The van der Waals surface area contributed by atoms with Gasteiger partial charge in [0.15, 0.2) is 5.78 Å². The molecule has 0 radical (unpaired) electrons. The zero-order chi connectivity index (χ0) is 15.0. The van der Waals surface area contributed by atoms with E-state index in [4.69, 9.17) is 32.7 Å². The van der Waals surface area contributed by atoms with Crippen molar-refractivity contribution in [3.05, 3.63) is 57.6 Å². The highest BCUT2D eigenvalue weighted by Gasteiger charge is 2.30. The molecule has 0 spiro atoms. The van der Waals surface area contributed by atoms with Gasteiger partial charge in [0.05, 0.1) is 19.1 Å². The quantitative estimate of drug-likeness (QED) is 0.803. The molecule has 0 N–H and O–H groups in total. The lowest BCUT2D eigenvalue weighted by Gasteiger charge is -2.27. The molecule has 0 saturated carbocycles. The van der Waals surface area contributed by atoms with Crippen LogP contribution < -0.4 is 9.47 Å². The van der Waals surface area contributed by atoms with Crippen LogP contribution in [0.3, 0.4) is 0 Å². The van der Waals surface area contributed by atoms with Crippen LogP contribution in [0.25, 0.3) is 0 Å². The van der Waals surface area contributed by atoms with E-state index in [1.54, 1.807) is 43.5 Å². The van der Waals surface area contributed by atoms with Crippen molar-refractivity contribution in [1.82, 2.24) is 0 Å². The van der Waals surface area contributed by atoms with E-state index < -0.39 is 6.10 Å². The number of carbonyl (C=O) groups is 1. The molecule has 2 aromatic rings. The highest BCUT2D eigenvalue weighted by molar-refractivity contribution is 6.36. The largest absolute Gasteiger partial charge is 0.497 e. The highest BCUT2D eigenvalue weighted by atomic mass is 35.5. The van der Waals surface area contributed by atoms with Crippen molar-refractivity contribution in [1.29, 1.82) is 0 Å². The summed E-state index contributed by atoms with van der Waals surface area (Å²) in [5.41, 5.74) is 1.17. The molecular weight excluding hydrogens is 311 g/mol. The first-order valence-corrected chi connectivity index (χ1v) is 7.17.